The first kappa shape index (κ1) is 67.4. The van der Waals surface area contributed by atoms with Gasteiger partial charge in [0.25, 0.3) is 10.1 Å². The summed E-state index contributed by atoms with van der Waals surface area (Å²) in [6, 6.07) is 0. The first-order valence-corrected chi connectivity index (χ1v) is 30.5. The number of allylic oxidation sites excluding steroid dienone is 10. The Morgan fingerprint density at radius 2 is 0.875 bits per heavy atom. The number of rotatable bonds is 49. The molecular formula is C59H104O12S. The number of ether oxygens (including phenoxy) is 4. The highest BCUT2D eigenvalue weighted by molar-refractivity contribution is 7.85. The van der Waals surface area contributed by atoms with E-state index in [-0.39, 0.29) is 19.4 Å². The van der Waals surface area contributed by atoms with Crippen LogP contribution in [0, 0.1) is 0 Å². The second-order valence-corrected chi connectivity index (χ2v) is 21.4. The largest absolute Gasteiger partial charge is 0.462 e. The van der Waals surface area contributed by atoms with Crippen LogP contribution in [-0.4, -0.2) is 96.0 Å². The molecule has 0 aromatic rings. The lowest BCUT2D eigenvalue weighted by molar-refractivity contribution is -0.297. The number of aliphatic hydroxyl groups excluding tert-OH is 3. The summed E-state index contributed by atoms with van der Waals surface area (Å²) in [5, 5.41) is 31.1. The van der Waals surface area contributed by atoms with Gasteiger partial charge in [0.2, 0.25) is 0 Å². The Bertz CT molecular complexity index is 1540. The van der Waals surface area contributed by atoms with Crippen LogP contribution in [0.4, 0.5) is 0 Å². The number of carbonyl (C=O) groups excluding carboxylic acids is 2. The Morgan fingerprint density at radius 1 is 0.486 bits per heavy atom. The molecule has 1 aliphatic heterocycles. The molecule has 4 N–H and O–H groups in total. The van der Waals surface area contributed by atoms with Crippen molar-refractivity contribution in [2.45, 2.75) is 282 Å². The Morgan fingerprint density at radius 3 is 1.32 bits per heavy atom. The Kier molecular flexibility index (Phi) is 44.9. The maximum Gasteiger partial charge on any atom is 0.306 e. The van der Waals surface area contributed by atoms with E-state index in [1.807, 2.05) is 0 Å². The first-order chi connectivity index (χ1) is 35.0. The third kappa shape index (κ3) is 41.7. The van der Waals surface area contributed by atoms with E-state index < -0.39 is 71.2 Å². The zero-order valence-corrected chi connectivity index (χ0v) is 46.1. The molecule has 0 spiro atoms. The zero-order chi connectivity index (χ0) is 52.6. The van der Waals surface area contributed by atoms with Crippen molar-refractivity contribution < 1.29 is 56.8 Å². The molecule has 1 rings (SSSR count). The summed E-state index contributed by atoms with van der Waals surface area (Å²) in [5.74, 6) is -1.99. The lowest BCUT2D eigenvalue weighted by Crippen LogP contribution is -2.60. The highest BCUT2D eigenvalue weighted by Crippen LogP contribution is 2.24. The summed E-state index contributed by atoms with van der Waals surface area (Å²) in [4.78, 5) is 25.6. The minimum Gasteiger partial charge on any atom is -0.462 e. The predicted octanol–water partition coefficient (Wildman–Crippen LogP) is 14.0. The fourth-order valence-electron chi connectivity index (χ4n) is 8.66. The molecule has 1 saturated heterocycles. The average Bonchev–Trinajstić information content (AvgIpc) is 3.35. The SMILES string of the molecule is CC/C=C\C/C=C\C/C=C\C/C=C\CCCCCCCCCCC(=O)OC(COC(=O)CCCCCCCCCCCCC/C=C\CCCCCCCCCC)COC1OC(CS(=O)(=O)O)C(O)C(O)C1O. The van der Waals surface area contributed by atoms with E-state index in [0.29, 0.717) is 12.8 Å². The Balaban J connectivity index is 2.31. The standard InChI is InChI=1S/C59H104O12S/c1-3-5-7-9-11-13-15-17-19-21-23-25-26-28-29-31-33-35-37-39-41-43-45-47-54(60)68-49-52(50-69-59-58(64)57(63)56(62)53(71-59)51-72(65,66)67)70-55(61)48-46-44-42-40-38-36-34-32-30-27-24-22-20-18-16-14-12-10-8-6-4-2/h6,8,12,14,18,20-21,23-24,27,52-53,56-59,62-64H,3-5,7,9-11,13,15-17,19,22,25-26,28-51H2,1-2H3,(H,65,66,67)/b8-6-,14-12-,20-18-,23-21-,27-24-. The highest BCUT2D eigenvalue weighted by atomic mass is 32.2. The van der Waals surface area contributed by atoms with Crippen molar-refractivity contribution in [1.82, 2.24) is 0 Å². The molecule has 12 nitrogen and oxygen atoms in total. The molecule has 0 radical (unpaired) electrons. The van der Waals surface area contributed by atoms with Gasteiger partial charge in [0, 0.05) is 12.8 Å². The summed E-state index contributed by atoms with van der Waals surface area (Å²) in [6.45, 7) is 3.68. The second kappa shape index (κ2) is 48.0. The van der Waals surface area contributed by atoms with Crippen LogP contribution in [0.25, 0.3) is 0 Å². The third-order valence-corrected chi connectivity index (χ3v) is 13.8. The third-order valence-electron chi connectivity index (χ3n) is 13.1. The molecule has 6 atom stereocenters. The summed E-state index contributed by atoms with van der Waals surface area (Å²) in [6.07, 6.45) is 52.6. The summed E-state index contributed by atoms with van der Waals surface area (Å²) in [5.41, 5.74) is 0. The number of hydrogen-bond donors (Lipinski definition) is 4. The van der Waals surface area contributed by atoms with Gasteiger partial charge in [-0.25, -0.2) is 0 Å². The number of unbranched alkanes of at least 4 members (excludes halogenated alkanes) is 27. The van der Waals surface area contributed by atoms with Crippen molar-refractivity contribution in [3.05, 3.63) is 60.8 Å². The molecule has 418 valence electrons. The van der Waals surface area contributed by atoms with E-state index in [0.717, 1.165) is 77.0 Å². The van der Waals surface area contributed by atoms with Crippen LogP contribution in [-0.2, 0) is 38.7 Å². The van der Waals surface area contributed by atoms with Gasteiger partial charge in [0.15, 0.2) is 12.4 Å². The number of aliphatic hydroxyl groups is 3. The molecule has 1 fully saturated rings. The van der Waals surface area contributed by atoms with Gasteiger partial charge in [-0.15, -0.1) is 0 Å². The maximum atomic E-state index is 12.9. The van der Waals surface area contributed by atoms with Crippen LogP contribution in [0.1, 0.15) is 245 Å². The van der Waals surface area contributed by atoms with E-state index in [1.165, 1.54) is 128 Å². The summed E-state index contributed by atoms with van der Waals surface area (Å²) >= 11 is 0. The first-order valence-electron chi connectivity index (χ1n) is 28.8. The fraction of sp³-hybridized carbons (Fsp3) is 0.797. The van der Waals surface area contributed by atoms with Crippen molar-refractivity contribution in [3.63, 3.8) is 0 Å². The molecule has 13 heteroatoms. The summed E-state index contributed by atoms with van der Waals surface area (Å²) < 4.78 is 54.4. The zero-order valence-electron chi connectivity index (χ0n) is 45.3. The van der Waals surface area contributed by atoms with E-state index in [1.54, 1.807) is 0 Å². The molecule has 1 aliphatic rings. The van der Waals surface area contributed by atoms with Gasteiger partial charge in [-0.1, -0.05) is 216 Å². The Hall–Kier alpha value is -2.65. The second-order valence-electron chi connectivity index (χ2n) is 19.9. The molecule has 1 heterocycles. The van der Waals surface area contributed by atoms with Gasteiger partial charge in [0.05, 0.1) is 6.61 Å². The smallest absolute Gasteiger partial charge is 0.306 e. The summed E-state index contributed by atoms with van der Waals surface area (Å²) in [7, 11) is -4.61. The lowest BCUT2D eigenvalue weighted by atomic mass is 10.00. The van der Waals surface area contributed by atoms with E-state index in [4.69, 9.17) is 18.9 Å². The Labute approximate surface area is 438 Å². The van der Waals surface area contributed by atoms with Crippen molar-refractivity contribution in [2.75, 3.05) is 19.0 Å². The monoisotopic (exact) mass is 1040 g/mol. The van der Waals surface area contributed by atoms with Crippen LogP contribution in [0.5, 0.6) is 0 Å². The molecule has 72 heavy (non-hydrogen) atoms. The molecule has 0 amide bonds. The molecule has 0 aliphatic carbocycles. The average molecular weight is 1040 g/mol. The van der Waals surface area contributed by atoms with Gasteiger partial charge >= 0.3 is 11.9 Å². The lowest BCUT2D eigenvalue weighted by Gasteiger charge is -2.40. The van der Waals surface area contributed by atoms with Crippen LogP contribution in [0.3, 0.4) is 0 Å². The maximum absolute atomic E-state index is 12.9. The number of esters is 2. The highest BCUT2D eigenvalue weighted by Gasteiger charge is 2.46. The van der Waals surface area contributed by atoms with Crippen molar-refractivity contribution in [1.29, 1.82) is 0 Å². The quantitative estimate of drug-likeness (QED) is 0.0196. The molecule has 0 aromatic heterocycles. The topological polar surface area (TPSA) is 186 Å². The normalized spacial score (nSPS) is 19.2. The molecule has 0 bridgehead atoms. The van der Waals surface area contributed by atoms with Gasteiger partial charge in [0.1, 0.15) is 36.8 Å². The number of carbonyl (C=O) groups is 2. The van der Waals surface area contributed by atoms with Crippen LogP contribution < -0.4 is 0 Å². The van der Waals surface area contributed by atoms with Gasteiger partial charge in [-0.05, 0) is 77.0 Å². The van der Waals surface area contributed by atoms with Crippen LogP contribution in [0.15, 0.2) is 60.8 Å². The molecule has 0 aromatic carbocycles. The van der Waals surface area contributed by atoms with Gasteiger partial charge in [-0.3, -0.25) is 14.1 Å². The van der Waals surface area contributed by atoms with Crippen LogP contribution in [0.2, 0.25) is 0 Å². The van der Waals surface area contributed by atoms with E-state index >= 15 is 0 Å². The van der Waals surface area contributed by atoms with Crippen LogP contribution >= 0.6 is 0 Å². The van der Waals surface area contributed by atoms with E-state index in [2.05, 4.69) is 74.6 Å². The predicted molar refractivity (Wildman–Crippen MR) is 293 cm³/mol. The van der Waals surface area contributed by atoms with Crippen molar-refractivity contribution in [3.8, 4) is 0 Å². The minimum atomic E-state index is -4.61. The van der Waals surface area contributed by atoms with Gasteiger partial charge < -0.3 is 34.3 Å². The van der Waals surface area contributed by atoms with Gasteiger partial charge in [-0.2, -0.15) is 8.42 Å². The van der Waals surface area contributed by atoms with Crippen molar-refractivity contribution >= 4 is 22.1 Å². The minimum absolute atomic E-state index is 0.153. The number of hydrogen-bond acceptors (Lipinski definition) is 11. The molecule has 6 unspecified atom stereocenters. The van der Waals surface area contributed by atoms with E-state index in [9.17, 15) is 37.9 Å². The van der Waals surface area contributed by atoms with Crippen molar-refractivity contribution in [2.24, 2.45) is 0 Å². The fourth-order valence-corrected chi connectivity index (χ4v) is 9.36. The molecule has 0 saturated carbocycles. The molecular weight excluding hydrogens is 933 g/mol.